The number of nitrogens with zero attached hydrogens (tertiary/aromatic N) is 1. The minimum absolute atomic E-state index is 0.632. The van der Waals surface area contributed by atoms with Crippen LogP contribution in [0, 0.1) is 0 Å². The molecule has 72 valence electrons. The summed E-state index contributed by atoms with van der Waals surface area (Å²) in [7, 11) is 0. The van der Waals surface area contributed by atoms with Crippen LogP contribution in [0.25, 0.3) is 10.8 Å². The van der Waals surface area contributed by atoms with Crippen LogP contribution in [-0.2, 0) is 0 Å². The average Bonchev–Trinajstić information content (AvgIpc) is 2.18. The first-order valence-electron chi connectivity index (χ1n) is 4.49. The van der Waals surface area contributed by atoms with Crippen molar-refractivity contribution in [2.75, 3.05) is 6.61 Å². The lowest BCUT2D eigenvalue weighted by Crippen LogP contribution is -1.95. The molecule has 0 unspecified atom stereocenters. The fourth-order valence-corrected chi connectivity index (χ4v) is 1.79. The summed E-state index contributed by atoms with van der Waals surface area (Å²) < 4.78 is 6.26. The number of ether oxygens (including phenoxy) is 1. The Morgan fingerprint density at radius 2 is 2.14 bits per heavy atom. The van der Waals surface area contributed by atoms with Gasteiger partial charge in [0, 0.05) is 5.39 Å². The van der Waals surface area contributed by atoms with Gasteiger partial charge in [0.05, 0.1) is 6.61 Å². The Bertz CT molecular complexity index is 456. The molecule has 2 nitrogen and oxygen atoms in total. The molecule has 1 heterocycles. The quantitative estimate of drug-likeness (QED) is 0.764. The van der Waals surface area contributed by atoms with Crippen LogP contribution in [0.3, 0.4) is 0 Å². The Morgan fingerprint density at radius 1 is 1.36 bits per heavy atom. The Morgan fingerprint density at radius 3 is 2.93 bits per heavy atom. The SMILES string of the molecule is CCOc1nc(Br)cc2ccccc12. The summed E-state index contributed by atoms with van der Waals surface area (Å²) in [5, 5.41) is 2.19. The summed E-state index contributed by atoms with van der Waals surface area (Å²) in [6.45, 7) is 2.59. The van der Waals surface area contributed by atoms with Crippen molar-refractivity contribution in [1.29, 1.82) is 0 Å². The van der Waals surface area contributed by atoms with Gasteiger partial charge in [-0.1, -0.05) is 18.2 Å². The summed E-state index contributed by atoms with van der Waals surface area (Å²) >= 11 is 3.36. The number of hydrogen-bond acceptors (Lipinski definition) is 2. The predicted octanol–water partition coefficient (Wildman–Crippen LogP) is 3.40. The van der Waals surface area contributed by atoms with Crippen molar-refractivity contribution in [3.63, 3.8) is 0 Å². The number of halogens is 1. The van der Waals surface area contributed by atoms with Gasteiger partial charge in [-0.15, -0.1) is 0 Å². The Kier molecular flexibility index (Phi) is 2.68. The molecule has 0 spiro atoms. The molecule has 0 bridgehead atoms. The van der Waals surface area contributed by atoms with Crippen LogP contribution >= 0.6 is 15.9 Å². The molecular weight excluding hydrogens is 242 g/mol. The predicted molar refractivity (Wildman–Crippen MR) is 60.6 cm³/mol. The van der Waals surface area contributed by atoms with Crippen LogP contribution in [-0.4, -0.2) is 11.6 Å². The molecule has 0 atom stereocenters. The highest BCUT2D eigenvalue weighted by Gasteiger charge is 2.04. The standard InChI is InChI=1S/C11H10BrNO/c1-2-14-11-9-6-4-3-5-8(9)7-10(12)13-11/h3-7H,2H2,1H3. The lowest BCUT2D eigenvalue weighted by atomic mass is 10.2. The smallest absolute Gasteiger partial charge is 0.222 e. The average molecular weight is 252 g/mol. The number of rotatable bonds is 2. The topological polar surface area (TPSA) is 22.1 Å². The highest BCUT2D eigenvalue weighted by molar-refractivity contribution is 9.10. The first-order valence-corrected chi connectivity index (χ1v) is 5.28. The second-order valence-corrected chi connectivity index (χ2v) is 3.72. The molecule has 0 aliphatic carbocycles. The summed E-state index contributed by atoms with van der Waals surface area (Å²) in [6.07, 6.45) is 0. The van der Waals surface area contributed by atoms with Gasteiger partial charge in [0.1, 0.15) is 4.60 Å². The van der Waals surface area contributed by atoms with Crippen molar-refractivity contribution in [3.8, 4) is 5.88 Å². The van der Waals surface area contributed by atoms with Gasteiger partial charge in [-0.05, 0) is 40.4 Å². The molecule has 0 N–H and O–H groups in total. The van der Waals surface area contributed by atoms with Crippen molar-refractivity contribution in [2.24, 2.45) is 0 Å². The number of pyridine rings is 1. The number of benzene rings is 1. The molecule has 0 radical (unpaired) electrons. The van der Waals surface area contributed by atoms with E-state index in [4.69, 9.17) is 4.74 Å². The van der Waals surface area contributed by atoms with E-state index >= 15 is 0 Å². The molecule has 1 aromatic carbocycles. The summed E-state index contributed by atoms with van der Waals surface area (Å²) in [4.78, 5) is 4.29. The first kappa shape index (κ1) is 9.46. The molecule has 0 amide bonds. The van der Waals surface area contributed by atoms with Gasteiger partial charge in [0.15, 0.2) is 0 Å². The first-order chi connectivity index (χ1) is 6.81. The molecule has 0 aliphatic rings. The van der Waals surface area contributed by atoms with E-state index in [1.54, 1.807) is 0 Å². The molecule has 0 aliphatic heterocycles. The summed E-state index contributed by atoms with van der Waals surface area (Å²) in [5.41, 5.74) is 0. The monoisotopic (exact) mass is 251 g/mol. The molecule has 2 aromatic rings. The second kappa shape index (κ2) is 3.96. The Hall–Kier alpha value is -1.09. The molecule has 0 saturated carbocycles. The van der Waals surface area contributed by atoms with Crippen molar-refractivity contribution in [2.45, 2.75) is 6.92 Å². The maximum absolute atomic E-state index is 5.46. The maximum atomic E-state index is 5.46. The molecule has 0 saturated heterocycles. The minimum atomic E-state index is 0.632. The van der Waals surface area contributed by atoms with Gasteiger partial charge in [-0.2, -0.15) is 0 Å². The number of fused-ring (bicyclic) bond motifs is 1. The van der Waals surface area contributed by atoms with E-state index in [1.807, 2.05) is 37.3 Å². The number of aromatic nitrogens is 1. The van der Waals surface area contributed by atoms with Crippen molar-refractivity contribution < 1.29 is 4.74 Å². The zero-order chi connectivity index (χ0) is 9.97. The lowest BCUT2D eigenvalue weighted by Gasteiger charge is -2.06. The zero-order valence-corrected chi connectivity index (χ0v) is 9.41. The Balaban J connectivity index is 2.67. The van der Waals surface area contributed by atoms with E-state index < -0.39 is 0 Å². The molecule has 1 aromatic heterocycles. The third-order valence-electron chi connectivity index (χ3n) is 1.96. The van der Waals surface area contributed by atoms with Crippen LogP contribution in [0.1, 0.15) is 6.92 Å². The van der Waals surface area contributed by atoms with Crippen molar-refractivity contribution in [1.82, 2.24) is 4.98 Å². The fraction of sp³-hybridized carbons (Fsp3) is 0.182. The minimum Gasteiger partial charge on any atom is -0.477 e. The van der Waals surface area contributed by atoms with E-state index in [0.717, 1.165) is 15.4 Å². The molecule has 2 rings (SSSR count). The van der Waals surface area contributed by atoms with E-state index in [1.165, 1.54) is 0 Å². The summed E-state index contributed by atoms with van der Waals surface area (Å²) in [5.74, 6) is 0.692. The molecule has 3 heteroatoms. The van der Waals surface area contributed by atoms with Crippen LogP contribution < -0.4 is 4.74 Å². The molecular formula is C11H10BrNO. The van der Waals surface area contributed by atoms with Gasteiger partial charge < -0.3 is 4.74 Å². The van der Waals surface area contributed by atoms with E-state index in [2.05, 4.69) is 20.9 Å². The molecule has 14 heavy (non-hydrogen) atoms. The van der Waals surface area contributed by atoms with Crippen LogP contribution in [0.5, 0.6) is 5.88 Å². The fourth-order valence-electron chi connectivity index (χ4n) is 1.38. The highest BCUT2D eigenvalue weighted by atomic mass is 79.9. The van der Waals surface area contributed by atoms with Gasteiger partial charge in [0.2, 0.25) is 5.88 Å². The molecule has 0 fully saturated rings. The lowest BCUT2D eigenvalue weighted by molar-refractivity contribution is 0.331. The van der Waals surface area contributed by atoms with Crippen LogP contribution in [0.15, 0.2) is 34.9 Å². The number of hydrogen-bond donors (Lipinski definition) is 0. The third kappa shape index (κ3) is 1.73. The Labute approximate surface area is 91.0 Å². The third-order valence-corrected chi connectivity index (χ3v) is 2.36. The second-order valence-electron chi connectivity index (χ2n) is 2.90. The van der Waals surface area contributed by atoms with Crippen LogP contribution in [0.4, 0.5) is 0 Å². The van der Waals surface area contributed by atoms with Crippen LogP contribution in [0.2, 0.25) is 0 Å². The highest BCUT2D eigenvalue weighted by Crippen LogP contribution is 2.26. The van der Waals surface area contributed by atoms with E-state index in [-0.39, 0.29) is 0 Å². The largest absolute Gasteiger partial charge is 0.477 e. The van der Waals surface area contributed by atoms with Gasteiger partial charge in [-0.3, -0.25) is 0 Å². The summed E-state index contributed by atoms with van der Waals surface area (Å²) in [6, 6.07) is 10.0. The maximum Gasteiger partial charge on any atom is 0.222 e. The normalized spacial score (nSPS) is 10.4. The van der Waals surface area contributed by atoms with E-state index in [9.17, 15) is 0 Å². The van der Waals surface area contributed by atoms with Gasteiger partial charge in [-0.25, -0.2) is 4.98 Å². The van der Waals surface area contributed by atoms with Gasteiger partial charge in [0.25, 0.3) is 0 Å². The van der Waals surface area contributed by atoms with Crippen molar-refractivity contribution in [3.05, 3.63) is 34.9 Å². The van der Waals surface area contributed by atoms with E-state index in [0.29, 0.717) is 12.5 Å². The zero-order valence-electron chi connectivity index (χ0n) is 7.83. The van der Waals surface area contributed by atoms with Gasteiger partial charge >= 0.3 is 0 Å². The van der Waals surface area contributed by atoms with Crippen molar-refractivity contribution >= 4 is 26.7 Å².